The molecule has 0 fully saturated rings. The van der Waals surface area contributed by atoms with Crippen molar-refractivity contribution in [2.75, 3.05) is 0 Å². The molecule has 8 heteroatoms. The smallest absolute Gasteiger partial charge is 0.269 e. The molecule has 0 aliphatic carbocycles. The summed E-state index contributed by atoms with van der Waals surface area (Å²) < 4.78 is 3.11. The average molecular weight is 321 g/mol. The number of carbonyl (C=O) groups excluding carboxylic acids is 1. The first-order valence-electron chi connectivity index (χ1n) is 7.16. The molecule has 8 nitrogen and oxygen atoms in total. The molecule has 0 saturated carbocycles. The second-order valence-electron chi connectivity index (χ2n) is 5.37. The number of non-ortho nitro benzene ring substituents is 1. The predicted molar refractivity (Wildman–Crippen MR) is 86.0 cm³/mol. The SMILES string of the molecule is Cn1nnn2c(C(=O)c3ccc([N+](=O)[O-])cc3)c3ccccc3c12. The Hall–Kier alpha value is -3.55. The standard InChI is InChI=1S/C16H11N5O3/c1-19-16-13-5-3-2-4-12(13)14(20(16)18-17-19)15(22)10-6-8-11(9-7-10)21(23)24/h2-9H,1H3. The van der Waals surface area contributed by atoms with Crippen LogP contribution in [0.5, 0.6) is 0 Å². The van der Waals surface area contributed by atoms with Gasteiger partial charge in [-0.1, -0.05) is 24.3 Å². The molecule has 0 bridgehead atoms. The zero-order valence-corrected chi connectivity index (χ0v) is 12.6. The van der Waals surface area contributed by atoms with Crippen LogP contribution in [0.4, 0.5) is 5.69 Å². The lowest BCUT2D eigenvalue weighted by Gasteiger charge is -2.00. The van der Waals surface area contributed by atoms with Gasteiger partial charge in [0.2, 0.25) is 5.78 Å². The van der Waals surface area contributed by atoms with Crippen molar-refractivity contribution in [3.63, 3.8) is 0 Å². The summed E-state index contributed by atoms with van der Waals surface area (Å²) in [5, 5.41) is 20.4. The lowest BCUT2D eigenvalue weighted by Crippen LogP contribution is -2.06. The van der Waals surface area contributed by atoms with Crippen LogP contribution in [0.25, 0.3) is 16.4 Å². The average Bonchev–Trinajstić information content (AvgIpc) is 3.12. The molecule has 0 aliphatic heterocycles. The van der Waals surface area contributed by atoms with Crippen LogP contribution >= 0.6 is 0 Å². The van der Waals surface area contributed by atoms with Gasteiger partial charge in [-0.15, -0.1) is 0 Å². The molecule has 118 valence electrons. The molecule has 0 aliphatic rings. The van der Waals surface area contributed by atoms with Crippen molar-refractivity contribution >= 4 is 27.9 Å². The van der Waals surface area contributed by atoms with E-state index in [0.29, 0.717) is 11.3 Å². The van der Waals surface area contributed by atoms with E-state index in [9.17, 15) is 14.9 Å². The third-order valence-corrected chi connectivity index (χ3v) is 3.96. The Labute approximate surface area is 135 Å². The molecular formula is C16H11N5O3. The van der Waals surface area contributed by atoms with Gasteiger partial charge < -0.3 is 0 Å². The van der Waals surface area contributed by atoms with Gasteiger partial charge in [-0.25, -0.2) is 4.68 Å². The highest BCUT2D eigenvalue weighted by Crippen LogP contribution is 2.27. The van der Waals surface area contributed by atoms with Crippen LogP contribution in [0.3, 0.4) is 0 Å². The number of nitrogens with zero attached hydrogens (tertiary/aromatic N) is 5. The first-order chi connectivity index (χ1) is 11.6. The van der Waals surface area contributed by atoms with Gasteiger partial charge >= 0.3 is 0 Å². The number of hydrogen-bond acceptors (Lipinski definition) is 5. The van der Waals surface area contributed by atoms with Gasteiger partial charge in [0.05, 0.1) is 4.92 Å². The molecule has 4 aromatic rings. The summed E-state index contributed by atoms with van der Waals surface area (Å²) in [6.45, 7) is 0. The third kappa shape index (κ3) is 1.89. The first-order valence-corrected chi connectivity index (χ1v) is 7.16. The molecule has 0 N–H and O–H groups in total. The fourth-order valence-electron chi connectivity index (χ4n) is 2.85. The fraction of sp³-hybridized carbons (Fsp3) is 0.0625. The monoisotopic (exact) mass is 321 g/mol. The molecule has 0 atom stereocenters. The van der Waals surface area contributed by atoms with Crippen molar-refractivity contribution in [3.8, 4) is 0 Å². The summed E-state index contributed by atoms with van der Waals surface area (Å²) in [6, 6.07) is 13.0. The summed E-state index contributed by atoms with van der Waals surface area (Å²) >= 11 is 0. The summed E-state index contributed by atoms with van der Waals surface area (Å²) in [4.78, 5) is 23.2. The second-order valence-corrected chi connectivity index (χ2v) is 5.37. The van der Waals surface area contributed by atoms with E-state index in [4.69, 9.17) is 0 Å². The molecule has 0 radical (unpaired) electrons. The van der Waals surface area contributed by atoms with Crippen LogP contribution in [-0.2, 0) is 7.05 Å². The molecular weight excluding hydrogens is 310 g/mol. The van der Waals surface area contributed by atoms with E-state index >= 15 is 0 Å². The maximum Gasteiger partial charge on any atom is 0.269 e. The number of tetrazole rings is 1. The highest BCUT2D eigenvalue weighted by atomic mass is 16.6. The number of ketones is 1. The van der Waals surface area contributed by atoms with E-state index in [1.165, 1.54) is 28.8 Å². The lowest BCUT2D eigenvalue weighted by molar-refractivity contribution is -0.384. The van der Waals surface area contributed by atoms with Crippen molar-refractivity contribution < 1.29 is 9.72 Å². The van der Waals surface area contributed by atoms with Gasteiger partial charge in [0.15, 0.2) is 5.65 Å². The highest BCUT2D eigenvalue weighted by molar-refractivity contribution is 6.18. The lowest BCUT2D eigenvalue weighted by atomic mass is 10.0. The van der Waals surface area contributed by atoms with E-state index in [1.807, 2.05) is 24.3 Å². The van der Waals surface area contributed by atoms with E-state index in [0.717, 1.165) is 16.4 Å². The summed E-state index contributed by atoms with van der Waals surface area (Å²) in [7, 11) is 1.76. The molecule has 0 spiro atoms. The van der Waals surface area contributed by atoms with E-state index in [1.54, 1.807) is 11.7 Å². The second kappa shape index (κ2) is 4.98. The van der Waals surface area contributed by atoms with Crippen LogP contribution in [0.1, 0.15) is 16.1 Å². The quantitative estimate of drug-likeness (QED) is 0.328. The number of nitro groups is 1. The van der Waals surface area contributed by atoms with Crippen LogP contribution in [0, 0.1) is 10.1 Å². The van der Waals surface area contributed by atoms with Crippen molar-refractivity contribution in [2.24, 2.45) is 7.05 Å². The third-order valence-electron chi connectivity index (χ3n) is 3.96. The van der Waals surface area contributed by atoms with Crippen molar-refractivity contribution in [1.82, 2.24) is 19.6 Å². The van der Waals surface area contributed by atoms with Crippen LogP contribution in [0.2, 0.25) is 0 Å². The van der Waals surface area contributed by atoms with Crippen LogP contribution in [0.15, 0.2) is 48.5 Å². The topological polar surface area (TPSA) is 95.3 Å². The summed E-state index contributed by atoms with van der Waals surface area (Å²) in [6.07, 6.45) is 0. The highest BCUT2D eigenvalue weighted by Gasteiger charge is 2.22. The normalized spacial score (nSPS) is 11.2. The number of carbonyl (C=O) groups is 1. The maximum atomic E-state index is 13.0. The number of aromatic nitrogens is 4. The molecule has 0 unspecified atom stereocenters. The van der Waals surface area contributed by atoms with E-state index < -0.39 is 4.92 Å². The number of aryl methyl sites for hydroxylation is 1. The van der Waals surface area contributed by atoms with Crippen LogP contribution < -0.4 is 0 Å². The van der Waals surface area contributed by atoms with Crippen molar-refractivity contribution in [3.05, 3.63) is 69.9 Å². The van der Waals surface area contributed by atoms with Crippen molar-refractivity contribution in [2.45, 2.75) is 0 Å². The van der Waals surface area contributed by atoms with E-state index in [2.05, 4.69) is 10.4 Å². The molecule has 2 aromatic carbocycles. The molecule has 0 saturated heterocycles. The summed E-state index contributed by atoms with van der Waals surface area (Å²) in [5.74, 6) is -0.262. The Morgan fingerprint density at radius 3 is 2.38 bits per heavy atom. The van der Waals surface area contributed by atoms with Gasteiger partial charge in [0.1, 0.15) is 5.69 Å². The Balaban J connectivity index is 1.94. The number of nitro benzene ring substituents is 1. The Kier molecular flexibility index (Phi) is 2.92. The number of benzene rings is 2. The number of rotatable bonds is 3. The largest absolute Gasteiger partial charge is 0.287 e. The van der Waals surface area contributed by atoms with Gasteiger partial charge in [0, 0.05) is 35.5 Å². The molecule has 4 rings (SSSR count). The minimum absolute atomic E-state index is 0.0591. The van der Waals surface area contributed by atoms with Gasteiger partial charge in [-0.3, -0.25) is 14.9 Å². The summed E-state index contributed by atoms with van der Waals surface area (Å²) in [5.41, 5.74) is 1.41. The maximum absolute atomic E-state index is 13.0. The zero-order valence-electron chi connectivity index (χ0n) is 12.6. The van der Waals surface area contributed by atoms with Crippen LogP contribution in [-0.4, -0.2) is 30.3 Å². The molecule has 24 heavy (non-hydrogen) atoms. The number of hydrogen-bond donors (Lipinski definition) is 0. The minimum Gasteiger partial charge on any atom is -0.287 e. The van der Waals surface area contributed by atoms with Gasteiger partial charge in [0.25, 0.3) is 5.69 Å². The molecule has 2 heterocycles. The zero-order chi connectivity index (χ0) is 16.8. The molecule has 2 aromatic heterocycles. The van der Waals surface area contributed by atoms with Crippen molar-refractivity contribution in [1.29, 1.82) is 0 Å². The Morgan fingerprint density at radius 2 is 1.71 bits per heavy atom. The van der Waals surface area contributed by atoms with Gasteiger partial charge in [-0.2, -0.15) is 4.52 Å². The first kappa shape index (κ1) is 14.1. The fourth-order valence-corrected chi connectivity index (χ4v) is 2.85. The Bertz CT molecular complexity index is 1110. The minimum atomic E-state index is -0.498. The van der Waals surface area contributed by atoms with E-state index in [-0.39, 0.29) is 11.5 Å². The Morgan fingerprint density at radius 1 is 1.04 bits per heavy atom. The van der Waals surface area contributed by atoms with Gasteiger partial charge in [-0.05, 0) is 22.6 Å². The molecule has 0 amide bonds. The number of fused-ring (bicyclic) bond motifs is 3. The predicted octanol–water partition coefficient (Wildman–Crippen LogP) is 2.36.